The van der Waals surface area contributed by atoms with Crippen LogP contribution in [0.4, 0.5) is 5.82 Å². The lowest BCUT2D eigenvalue weighted by Crippen LogP contribution is -2.32. The van der Waals surface area contributed by atoms with E-state index in [4.69, 9.17) is 0 Å². The van der Waals surface area contributed by atoms with Crippen LogP contribution in [0.25, 0.3) is 0 Å². The normalized spacial score (nSPS) is 21.6. The molecule has 21 heavy (non-hydrogen) atoms. The number of ether oxygens (including phenoxy) is 1. The van der Waals surface area contributed by atoms with Crippen LogP contribution < -0.4 is 5.32 Å². The number of carbonyl (C=O) groups excluding carboxylic acids is 1. The molecule has 0 amide bonds. The number of carboxylic acid groups (broad SMARTS) is 1. The van der Waals surface area contributed by atoms with Crippen molar-refractivity contribution in [2.45, 2.75) is 25.7 Å². The average molecular weight is 293 g/mol. The summed E-state index contributed by atoms with van der Waals surface area (Å²) in [6.45, 7) is 0.545. The number of carbonyl (C=O) groups is 2. The molecule has 1 aromatic heterocycles. The second-order valence-corrected chi connectivity index (χ2v) is 5.17. The van der Waals surface area contributed by atoms with Gasteiger partial charge in [-0.05, 0) is 30.9 Å². The number of nitrogens with zero attached hydrogens (tertiary/aromatic N) is 2. The Labute approximate surface area is 122 Å². The van der Waals surface area contributed by atoms with E-state index in [1.165, 1.54) is 13.2 Å². The average Bonchev–Trinajstić information content (AvgIpc) is 2.52. The van der Waals surface area contributed by atoms with Crippen LogP contribution in [0, 0.1) is 11.8 Å². The Morgan fingerprint density at radius 1 is 1.33 bits per heavy atom. The van der Waals surface area contributed by atoms with Gasteiger partial charge in [0.25, 0.3) is 0 Å². The first-order chi connectivity index (χ1) is 10.1. The van der Waals surface area contributed by atoms with Gasteiger partial charge in [-0.3, -0.25) is 4.79 Å². The van der Waals surface area contributed by atoms with Crippen molar-refractivity contribution in [1.82, 2.24) is 10.2 Å². The van der Waals surface area contributed by atoms with E-state index < -0.39 is 11.9 Å². The molecule has 114 valence electrons. The van der Waals surface area contributed by atoms with Gasteiger partial charge >= 0.3 is 11.9 Å². The molecule has 0 spiro atoms. The van der Waals surface area contributed by atoms with E-state index in [0.29, 0.717) is 12.4 Å². The summed E-state index contributed by atoms with van der Waals surface area (Å²) < 4.78 is 4.54. The van der Waals surface area contributed by atoms with Crippen molar-refractivity contribution < 1.29 is 19.4 Å². The molecular weight excluding hydrogens is 274 g/mol. The molecule has 7 heteroatoms. The number of esters is 1. The Kier molecular flexibility index (Phi) is 5.08. The van der Waals surface area contributed by atoms with E-state index >= 15 is 0 Å². The molecule has 1 aliphatic rings. The number of hydrogen-bond acceptors (Lipinski definition) is 6. The van der Waals surface area contributed by atoms with Gasteiger partial charge < -0.3 is 15.2 Å². The maximum atomic E-state index is 11.2. The fourth-order valence-electron chi connectivity index (χ4n) is 2.65. The molecule has 0 unspecified atom stereocenters. The number of aromatic nitrogens is 2. The van der Waals surface area contributed by atoms with Crippen LogP contribution in [0.2, 0.25) is 0 Å². The third-order valence-electron chi connectivity index (χ3n) is 3.83. The lowest BCUT2D eigenvalue weighted by Gasteiger charge is -2.28. The molecule has 1 aromatic rings. The zero-order chi connectivity index (χ0) is 15.2. The smallest absolute Gasteiger partial charge is 0.358 e. The predicted octanol–water partition coefficient (Wildman–Crippen LogP) is 1.57. The SMILES string of the molecule is COC(=O)c1ccc(NC[C@@H]2CCCC[C@@H]2C(=O)O)nn1. The Morgan fingerprint density at radius 2 is 2.10 bits per heavy atom. The van der Waals surface area contributed by atoms with Crippen LogP contribution in [-0.2, 0) is 9.53 Å². The molecule has 1 saturated carbocycles. The predicted molar refractivity (Wildman–Crippen MR) is 74.9 cm³/mol. The van der Waals surface area contributed by atoms with Crippen molar-refractivity contribution in [3.63, 3.8) is 0 Å². The van der Waals surface area contributed by atoms with E-state index in [0.717, 1.165) is 25.7 Å². The van der Waals surface area contributed by atoms with Gasteiger partial charge in [0.2, 0.25) is 0 Å². The first-order valence-electron chi connectivity index (χ1n) is 7.00. The molecule has 0 radical (unpaired) electrons. The summed E-state index contributed by atoms with van der Waals surface area (Å²) in [6, 6.07) is 3.16. The third-order valence-corrected chi connectivity index (χ3v) is 3.83. The molecule has 1 aliphatic carbocycles. The van der Waals surface area contributed by atoms with E-state index in [9.17, 15) is 14.7 Å². The van der Waals surface area contributed by atoms with Crippen molar-refractivity contribution in [2.24, 2.45) is 11.8 Å². The van der Waals surface area contributed by atoms with Crippen LogP contribution in [0.3, 0.4) is 0 Å². The second-order valence-electron chi connectivity index (χ2n) is 5.17. The highest BCUT2D eigenvalue weighted by molar-refractivity contribution is 5.86. The van der Waals surface area contributed by atoms with Gasteiger partial charge in [-0.1, -0.05) is 12.8 Å². The largest absolute Gasteiger partial charge is 0.481 e. The summed E-state index contributed by atoms with van der Waals surface area (Å²) in [5.41, 5.74) is 0.143. The van der Waals surface area contributed by atoms with Crippen LogP contribution in [0.1, 0.15) is 36.2 Å². The first kappa shape index (κ1) is 15.2. The number of methoxy groups -OCH3 is 1. The Balaban J connectivity index is 1.92. The van der Waals surface area contributed by atoms with Gasteiger partial charge in [-0.25, -0.2) is 4.79 Å². The van der Waals surface area contributed by atoms with Gasteiger partial charge in [-0.2, -0.15) is 0 Å². The standard InChI is InChI=1S/C14H19N3O4/c1-21-14(20)11-6-7-12(17-16-11)15-8-9-4-2-3-5-10(9)13(18)19/h6-7,9-10H,2-5,8H2,1H3,(H,15,17)(H,18,19)/t9-,10-/m0/s1. The number of aliphatic carboxylic acids is 1. The van der Waals surface area contributed by atoms with Gasteiger partial charge in [0.05, 0.1) is 13.0 Å². The van der Waals surface area contributed by atoms with Gasteiger partial charge in [-0.15, -0.1) is 10.2 Å². The first-order valence-corrected chi connectivity index (χ1v) is 7.00. The van der Waals surface area contributed by atoms with Crippen molar-refractivity contribution in [3.8, 4) is 0 Å². The molecule has 0 aromatic carbocycles. The van der Waals surface area contributed by atoms with Gasteiger partial charge in [0, 0.05) is 6.54 Å². The quantitative estimate of drug-likeness (QED) is 0.794. The summed E-state index contributed by atoms with van der Waals surface area (Å²) in [7, 11) is 1.28. The monoisotopic (exact) mass is 293 g/mol. The molecule has 2 atom stereocenters. The maximum Gasteiger partial charge on any atom is 0.358 e. The van der Waals surface area contributed by atoms with Crippen molar-refractivity contribution in [2.75, 3.05) is 19.0 Å². The molecule has 2 N–H and O–H groups in total. The summed E-state index contributed by atoms with van der Waals surface area (Å²) in [4.78, 5) is 22.5. The van der Waals surface area contributed by atoms with E-state index in [-0.39, 0.29) is 17.5 Å². The fraction of sp³-hybridized carbons (Fsp3) is 0.571. The van der Waals surface area contributed by atoms with E-state index in [1.807, 2.05) is 0 Å². The Morgan fingerprint density at radius 3 is 2.71 bits per heavy atom. The van der Waals surface area contributed by atoms with Crippen LogP contribution in [-0.4, -0.2) is 40.9 Å². The molecule has 2 rings (SSSR count). The van der Waals surface area contributed by atoms with E-state index in [2.05, 4.69) is 20.3 Å². The summed E-state index contributed by atoms with van der Waals surface area (Å²) in [5, 5.41) is 20.0. The van der Waals surface area contributed by atoms with E-state index in [1.54, 1.807) is 6.07 Å². The number of nitrogens with one attached hydrogen (secondary N) is 1. The number of carboxylic acids is 1. The Bertz CT molecular complexity index is 503. The minimum Gasteiger partial charge on any atom is -0.481 e. The van der Waals surface area contributed by atoms with Crippen LogP contribution in [0.15, 0.2) is 12.1 Å². The van der Waals surface area contributed by atoms with Crippen LogP contribution in [0.5, 0.6) is 0 Å². The minimum atomic E-state index is -0.728. The highest BCUT2D eigenvalue weighted by Gasteiger charge is 2.30. The van der Waals surface area contributed by atoms with Crippen molar-refractivity contribution in [3.05, 3.63) is 17.8 Å². The number of rotatable bonds is 5. The zero-order valence-electron chi connectivity index (χ0n) is 11.9. The van der Waals surface area contributed by atoms with Crippen molar-refractivity contribution >= 4 is 17.8 Å². The molecule has 0 aliphatic heterocycles. The number of anilines is 1. The maximum absolute atomic E-state index is 11.2. The summed E-state index contributed by atoms with van der Waals surface area (Å²) in [5.74, 6) is -0.940. The van der Waals surface area contributed by atoms with Gasteiger partial charge in [0.1, 0.15) is 5.82 Å². The molecular formula is C14H19N3O4. The van der Waals surface area contributed by atoms with Gasteiger partial charge in [0.15, 0.2) is 5.69 Å². The van der Waals surface area contributed by atoms with Crippen molar-refractivity contribution in [1.29, 1.82) is 0 Å². The molecule has 1 heterocycles. The Hall–Kier alpha value is -2.18. The number of hydrogen-bond donors (Lipinski definition) is 2. The minimum absolute atomic E-state index is 0.0957. The lowest BCUT2D eigenvalue weighted by atomic mass is 9.79. The second kappa shape index (κ2) is 7.01. The lowest BCUT2D eigenvalue weighted by molar-refractivity contribution is -0.144. The fourth-order valence-corrected chi connectivity index (χ4v) is 2.65. The third kappa shape index (κ3) is 3.90. The highest BCUT2D eigenvalue weighted by atomic mass is 16.5. The summed E-state index contributed by atoms with van der Waals surface area (Å²) >= 11 is 0. The summed E-state index contributed by atoms with van der Waals surface area (Å²) in [6.07, 6.45) is 3.66. The molecule has 0 bridgehead atoms. The highest BCUT2D eigenvalue weighted by Crippen LogP contribution is 2.30. The molecule has 0 saturated heterocycles. The molecule has 7 nitrogen and oxygen atoms in total. The zero-order valence-corrected chi connectivity index (χ0v) is 11.9. The van der Waals surface area contributed by atoms with Crippen LogP contribution >= 0.6 is 0 Å². The topological polar surface area (TPSA) is 101 Å². The molecule has 1 fully saturated rings.